The van der Waals surface area contributed by atoms with Crippen LogP contribution in [-0.4, -0.2) is 41.7 Å². The average Bonchev–Trinajstić information content (AvgIpc) is 2.82. The van der Waals surface area contributed by atoms with E-state index in [9.17, 15) is 14.4 Å². The van der Waals surface area contributed by atoms with Gasteiger partial charge in [-0.2, -0.15) is 0 Å². The number of nitrogens with zero attached hydrogens (tertiary/aromatic N) is 2. The molecular weight excluding hydrogens is 244 g/mol. The van der Waals surface area contributed by atoms with Crippen LogP contribution in [-0.2, 0) is 22.4 Å². The number of imide groups is 2. The van der Waals surface area contributed by atoms with Gasteiger partial charge in [0.15, 0.2) is 0 Å². The summed E-state index contributed by atoms with van der Waals surface area (Å²) in [6, 6.07) is 7.10. The largest absolute Gasteiger partial charge is 0.332 e. The number of amides is 4. The van der Waals surface area contributed by atoms with E-state index in [-0.39, 0.29) is 0 Å². The van der Waals surface area contributed by atoms with Gasteiger partial charge in [0.25, 0.3) is 0 Å². The number of carbonyl (C=O) groups excluding carboxylic acids is 3. The third kappa shape index (κ3) is 1.38. The molecule has 0 bridgehead atoms. The Hall–Kier alpha value is -2.17. The van der Waals surface area contributed by atoms with Crippen LogP contribution in [0.2, 0.25) is 0 Å². The average molecular weight is 258 g/mol. The van der Waals surface area contributed by atoms with Crippen LogP contribution in [0, 0.1) is 5.41 Å². The standard InChI is InChI=1S/C14H14N2O3/c1-15-11(17)14(12(18)16(2)13(15)19)7-9-5-3-4-6-10(9)8-14/h3-6H,7-8H2,1-2H3. The molecule has 19 heavy (non-hydrogen) atoms. The van der Waals surface area contributed by atoms with Crippen LogP contribution in [0.15, 0.2) is 24.3 Å². The molecule has 0 unspecified atom stereocenters. The summed E-state index contributed by atoms with van der Waals surface area (Å²) in [7, 11) is 2.86. The number of carbonyl (C=O) groups is 3. The van der Waals surface area contributed by atoms with Crippen molar-refractivity contribution in [1.82, 2.24) is 9.80 Å². The summed E-state index contributed by atoms with van der Waals surface area (Å²) in [6.45, 7) is 0. The number of fused-ring (bicyclic) bond motifs is 1. The molecule has 3 rings (SSSR count). The molecule has 4 amide bonds. The highest BCUT2D eigenvalue weighted by Crippen LogP contribution is 2.41. The normalized spacial score (nSPS) is 21.3. The van der Waals surface area contributed by atoms with Crippen molar-refractivity contribution in [1.29, 1.82) is 0 Å². The predicted octanol–water partition coefficient (Wildman–Crippen LogP) is 0.822. The molecule has 0 atom stereocenters. The van der Waals surface area contributed by atoms with Gasteiger partial charge in [-0.15, -0.1) is 0 Å². The Labute approximate surface area is 110 Å². The summed E-state index contributed by atoms with van der Waals surface area (Å²) in [5, 5.41) is 0. The summed E-state index contributed by atoms with van der Waals surface area (Å²) >= 11 is 0. The van der Waals surface area contributed by atoms with E-state index in [1.807, 2.05) is 24.3 Å². The Balaban J connectivity index is 2.08. The van der Waals surface area contributed by atoms with Crippen molar-refractivity contribution in [3.05, 3.63) is 35.4 Å². The molecule has 5 heteroatoms. The molecule has 2 aliphatic rings. The Morgan fingerprint density at radius 1 is 0.895 bits per heavy atom. The highest BCUT2D eigenvalue weighted by Gasteiger charge is 2.57. The highest BCUT2D eigenvalue weighted by molar-refractivity contribution is 6.19. The molecule has 1 fully saturated rings. The lowest BCUT2D eigenvalue weighted by molar-refractivity contribution is -0.156. The van der Waals surface area contributed by atoms with Crippen molar-refractivity contribution in [2.45, 2.75) is 12.8 Å². The second-order valence-corrected chi connectivity index (χ2v) is 5.22. The monoisotopic (exact) mass is 258 g/mol. The zero-order valence-electron chi connectivity index (χ0n) is 10.8. The first kappa shape index (κ1) is 11.9. The van der Waals surface area contributed by atoms with Crippen molar-refractivity contribution >= 4 is 17.8 Å². The van der Waals surface area contributed by atoms with Crippen LogP contribution in [0.5, 0.6) is 0 Å². The Morgan fingerprint density at radius 2 is 1.32 bits per heavy atom. The zero-order chi connectivity index (χ0) is 13.8. The van der Waals surface area contributed by atoms with E-state index in [0.717, 1.165) is 20.9 Å². The fraction of sp³-hybridized carbons (Fsp3) is 0.357. The molecule has 0 aromatic heterocycles. The maximum atomic E-state index is 12.4. The van der Waals surface area contributed by atoms with Gasteiger partial charge in [-0.25, -0.2) is 4.79 Å². The topological polar surface area (TPSA) is 57.7 Å². The van der Waals surface area contributed by atoms with E-state index in [1.165, 1.54) is 14.1 Å². The number of urea groups is 1. The lowest BCUT2D eigenvalue weighted by Gasteiger charge is -2.39. The van der Waals surface area contributed by atoms with E-state index in [0.29, 0.717) is 12.8 Å². The smallest absolute Gasteiger partial charge is 0.273 e. The Morgan fingerprint density at radius 3 is 1.74 bits per heavy atom. The van der Waals surface area contributed by atoms with Crippen LogP contribution in [0.3, 0.4) is 0 Å². The predicted molar refractivity (Wildman–Crippen MR) is 67.2 cm³/mol. The molecule has 1 aliphatic heterocycles. The van der Waals surface area contributed by atoms with Crippen molar-refractivity contribution in [2.24, 2.45) is 5.41 Å². The lowest BCUT2D eigenvalue weighted by Crippen LogP contribution is -2.63. The minimum absolute atomic E-state index is 0.378. The van der Waals surface area contributed by atoms with Crippen molar-refractivity contribution in [3.8, 4) is 0 Å². The van der Waals surface area contributed by atoms with Gasteiger partial charge in [0, 0.05) is 14.1 Å². The summed E-state index contributed by atoms with van der Waals surface area (Å²) in [5.74, 6) is -0.784. The van der Waals surface area contributed by atoms with Crippen LogP contribution in [0.25, 0.3) is 0 Å². The number of barbiturate groups is 1. The van der Waals surface area contributed by atoms with Crippen molar-refractivity contribution in [3.63, 3.8) is 0 Å². The van der Waals surface area contributed by atoms with E-state index < -0.39 is 23.3 Å². The second-order valence-electron chi connectivity index (χ2n) is 5.22. The highest BCUT2D eigenvalue weighted by atomic mass is 16.2. The molecule has 5 nitrogen and oxygen atoms in total. The maximum absolute atomic E-state index is 12.4. The Bertz CT molecular complexity index is 557. The van der Waals surface area contributed by atoms with Gasteiger partial charge in [-0.3, -0.25) is 19.4 Å². The zero-order valence-corrected chi connectivity index (χ0v) is 10.8. The molecular formula is C14H14N2O3. The van der Waals surface area contributed by atoms with Crippen LogP contribution in [0.1, 0.15) is 11.1 Å². The quantitative estimate of drug-likeness (QED) is 0.647. The minimum Gasteiger partial charge on any atom is -0.273 e. The fourth-order valence-corrected chi connectivity index (χ4v) is 3.05. The summed E-state index contributed by atoms with van der Waals surface area (Å²) in [5.41, 5.74) is 0.905. The molecule has 1 spiro atoms. The molecule has 98 valence electrons. The molecule has 1 aliphatic carbocycles. The third-order valence-corrected chi connectivity index (χ3v) is 4.10. The van der Waals surface area contributed by atoms with Crippen LogP contribution >= 0.6 is 0 Å². The number of hydrogen-bond donors (Lipinski definition) is 0. The van der Waals surface area contributed by atoms with E-state index in [1.54, 1.807) is 0 Å². The number of hydrogen-bond acceptors (Lipinski definition) is 3. The first-order chi connectivity index (χ1) is 8.97. The third-order valence-electron chi connectivity index (χ3n) is 4.10. The molecule has 1 saturated heterocycles. The van der Waals surface area contributed by atoms with E-state index in [4.69, 9.17) is 0 Å². The molecule has 0 radical (unpaired) electrons. The maximum Gasteiger partial charge on any atom is 0.332 e. The van der Waals surface area contributed by atoms with Gasteiger partial charge in [-0.1, -0.05) is 24.3 Å². The van der Waals surface area contributed by atoms with Gasteiger partial charge in [0.1, 0.15) is 5.41 Å². The Kier molecular flexibility index (Phi) is 2.29. The first-order valence-electron chi connectivity index (χ1n) is 6.14. The van der Waals surface area contributed by atoms with Crippen molar-refractivity contribution < 1.29 is 14.4 Å². The summed E-state index contributed by atoms with van der Waals surface area (Å²) in [4.78, 5) is 38.8. The fourth-order valence-electron chi connectivity index (χ4n) is 3.05. The van der Waals surface area contributed by atoms with Gasteiger partial charge in [0.05, 0.1) is 0 Å². The van der Waals surface area contributed by atoms with Crippen molar-refractivity contribution in [2.75, 3.05) is 14.1 Å². The molecule has 1 heterocycles. The summed E-state index contributed by atoms with van der Waals surface area (Å²) < 4.78 is 0. The molecule has 1 aromatic rings. The number of benzene rings is 1. The van der Waals surface area contributed by atoms with Crippen LogP contribution in [0.4, 0.5) is 4.79 Å². The van der Waals surface area contributed by atoms with Gasteiger partial charge in [-0.05, 0) is 24.0 Å². The number of rotatable bonds is 0. The SMILES string of the molecule is CN1C(=O)N(C)C(=O)C2(Cc3ccccc3C2)C1=O. The van der Waals surface area contributed by atoms with Gasteiger partial charge >= 0.3 is 6.03 Å². The van der Waals surface area contributed by atoms with E-state index in [2.05, 4.69) is 0 Å². The van der Waals surface area contributed by atoms with Gasteiger partial charge < -0.3 is 0 Å². The van der Waals surface area contributed by atoms with Crippen LogP contribution < -0.4 is 0 Å². The van der Waals surface area contributed by atoms with Gasteiger partial charge in [0.2, 0.25) is 11.8 Å². The lowest BCUT2D eigenvalue weighted by atomic mass is 9.80. The van der Waals surface area contributed by atoms with E-state index >= 15 is 0 Å². The molecule has 1 aromatic carbocycles. The molecule has 0 N–H and O–H groups in total. The molecule has 0 saturated carbocycles. The summed E-state index contributed by atoms with van der Waals surface area (Å²) in [6.07, 6.45) is 0.756. The second kappa shape index (κ2) is 3.66. The first-order valence-corrected chi connectivity index (χ1v) is 6.14. The minimum atomic E-state index is -1.12.